The summed E-state index contributed by atoms with van der Waals surface area (Å²) in [5.74, 6) is -2.07. The minimum Gasteiger partial charge on any atom is -0.457 e. The van der Waals surface area contributed by atoms with Crippen LogP contribution in [0.5, 0.6) is 0 Å². The number of nitrogens with one attached hydrogen (secondary N) is 1. The molecular formula is C25H26N2O6S. The van der Waals surface area contributed by atoms with Gasteiger partial charge in [0.25, 0.3) is 5.91 Å². The van der Waals surface area contributed by atoms with E-state index in [1.54, 1.807) is 18.2 Å². The van der Waals surface area contributed by atoms with Gasteiger partial charge < -0.3 is 19.4 Å². The summed E-state index contributed by atoms with van der Waals surface area (Å²) in [4.78, 5) is 27.1. The second-order valence-electron chi connectivity index (χ2n) is 8.07. The number of ether oxygens (including phenoxy) is 1. The minimum atomic E-state index is -3.67. The molecule has 0 unspecified atom stereocenters. The number of nitrogens with zero attached hydrogens (tertiary/aromatic N) is 1. The molecule has 34 heavy (non-hydrogen) atoms. The lowest BCUT2D eigenvalue weighted by atomic mass is 10.1. The fourth-order valence-electron chi connectivity index (χ4n) is 3.85. The van der Waals surface area contributed by atoms with Crippen LogP contribution in [0.4, 0.5) is 11.4 Å². The maximum absolute atomic E-state index is 12.6. The summed E-state index contributed by atoms with van der Waals surface area (Å²) in [7, 11) is -3.67. The molecular weight excluding hydrogens is 456 g/mol. The van der Waals surface area contributed by atoms with E-state index >= 15 is 0 Å². The zero-order chi connectivity index (χ0) is 24.0. The van der Waals surface area contributed by atoms with Crippen molar-refractivity contribution < 1.29 is 27.2 Å². The molecule has 1 saturated heterocycles. The van der Waals surface area contributed by atoms with Crippen LogP contribution in [-0.4, -0.2) is 40.0 Å². The number of anilines is 2. The fourth-order valence-corrected chi connectivity index (χ4v) is 5.22. The Morgan fingerprint density at radius 1 is 0.941 bits per heavy atom. The van der Waals surface area contributed by atoms with Gasteiger partial charge in [-0.25, -0.2) is 13.2 Å². The highest BCUT2D eigenvalue weighted by molar-refractivity contribution is 7.90. The third-order valence-electron chi connectivity index (χ3n) is 5.59. The Kier molecular flexibility index (Phi) is 7.32. The van der Waals surface area contributed by atoms with Gasteiger partial charge >= 0.3 is 5.97 Å². The summed E-state index contributed by atoms with van der Waals surface area (Å²) < 4.78 is 35.4. The Morgan fingerprint density at radius 2 is 1.65 bits per heavy atom. The Labute approximate surface area is 198 Å². The van der Waals surface area contributed by atoms with Gasteiger partial charge in [0.2, 0.25) is 5.76 Å². The summed E-state index contributed by atoms with van der Waals surface area (Å²) in [6.07, 6.45) is 4.83. The summed E-state index contributed by atoms with van der Waals surface area (Å²) in [6, 6.07) is 16.9. The predicted molar refractivity (Wildman–Crippen MR) is 127 cm³/mol. The Hall–Kier alpha value is -3.59. The molecule has 9 heteroatoms. The van der Waals surface area contributed by atoms with Crippen LogP contribution in [0.25, 0.3) is 0 Å². The molecule has 1 N–H and O–H groups in total. The van der Waals surface area contributed by atoms with Gasteiger partial charge in [0.1, 0.15) is 0 Å². The van der Waals surface area contributed by atoms with Crippen molar-refractivity contribution in [2.45, 2.75) is 29.9 Å². The van der Waals surface area contributed by atoms with Crippen LogP contribution in [0, 0.1) is 0 Å². The van der Waals surface area contributed by atoms with Gasteiger partial charge in [-0.15, -0.1) is 0 Å². The van der Waals surface area contributed by atoms with Crippen molar-refractivity contribution >= 4 is 33.1 Å². The van der Waals surface area contributed by atoms with Crippen molar-refractivity contribution in [3.05, 3.63) is 78.3 Å². The number of benzene rings is 2. The van der Waals surface area contributed by atoms with E-state index in [2.05, 4.69) is 10.2 Å². The number of carbonyl (C=O) groups is 2. The minimum absolute atomic E-state index is 0.140. The van der Waals surface area contributed by atoms with Gasteiger partial charge in [-0.2, -0.15) is 0 Å². The second kappa shape index (κ2) is 10.6. The molecule has 8 nitrogen and oxygen atoms in total. The van der Waals surface area contributed by atoms with Crippen molar-refractivity contribution in [1.29, 1.82) is 0 Å². The number of piperidine rings is 1. The first-order chi connectivity index (χ1) is 16.4. The van der Waals surface area contributed by atoms with Crippen LogP contribution in [0.15, 0.2) is 76.2 Å². The third kappa shape index (κ3) is 5.85. The van der Waals surface area contributed by atoms with Crippen molar-refractivity contribution in [1.82, 2.24) is 0 Å². The Morgan fingerprint density at radius 3 is 2.35 bits per heavy atom. The SMILES string of the molecule is O=C(COC(=O)c1occc1CS(=O)(=O)c1ccccc1)Nc1ccc(N2CCCCC2)cc1. The summed E-state index contributed by atoms with van der Waals surface area (Å²) in [6.45, 7) is 1.53. The number of hydrogen-bond donors (Lipinski definition) is 1. The molecule has 2 aromatic carbocycles. The van der Waals surface area contributed by atoms with E-state index in [-0.39, 0.29) is 16.2 Å². The van der Waals surface area contributed by atoms with Crippen LogP contribution in [0.1, 0.15) is 35.4 Å². The molecule has 0 saturated carbocycles. The quantitative estimate of drug-likeness (QED) is 0.483. The van der Waals surface area contributed by atoms with Gasteiger partial charge in [-0.3, -0.25) is 4.79 Å². The highest BCUT2D eigenvalue weighted by Gasteiger charge is 2.24. The van der Waals surface area contributed by atoms with Crippen molar-refractivity contribution in [3.8, 4) is 0 Å². The molecule has 3 aromatic rings. The van der Waals surface area contributed by atoms with Crippen LogP contribution >= 0.6 is 0 Å². The van der Waals surface area contributed by atoms with E-state index in [1.807, 2.05) is 24.3 Å². The largest absolute Gasteiger partial charge is 0.457 e. The molecule has 0 radical (unpaired) electrons. The zero-order valence-electron chi connectivity index (χ0n) is 18.6. The maximum Gasteiger partial charge on any atom is 0.375 e. The van der Waals surface area contributed by atoms with E-state index in [1.165, 1.54) is 43.7 Å². The number of carbonyl (C=O) groups excluding carboxylic acids is 2. The van der Waals surface area contributed by atoms with Gasteiger partial charge in [0, 0.05) is 30.0 Å². The first-order valence-corrected chi connectivity index (χ1v) is 12.7. The lowest BCUT2D eigenvalue weighted by Gasteiger charge is -2.28. The van der Waals surface area contributed by atoms with Crippen molar-refractivity contribution in [3.63, 3.8) is 0 Å². The first-order valence-electron chi connectivity index (χ1n) is 11.1. The molecule has 178 valence electrons. The number of hydrogen-bond acceptors (Lipinski definition) is 7. The standard InChI is InChI=1S/C25H26N2O6S/c28-23(26-20-9-11-21(12-10-20)27-14-5-2-6-15-27)17-33-25(29)24-19(13-16-32-24)18-34(30,31)22-7-3-1-4-8-22/h1,3-4,7-13,16H,2,5-6,14-15,17-18H2,(H,26,28). The highest BCUT2D eigenvalue weighted by atomic mass is 32.2. The van der Waals surface area contributed by atoms with Gasteiger partial charge in [0.15, 0.2) is 16.4 Å². The molecule has 0 atom stereocenters. The Bertz CT molecular complexity index is 1230. The van der Waals surface area contributed by atoms with Gasteiger partial charge in [-0.05, 0) is 61.7 Å². The highest BCUT2D eigenvalue weighted by Crippen LogP contribution is 2.22. The summed E-state index contributed by atoms with van der Waals surface area (Å²) in [5, 5.41) is 2.69. The van der Waals surface area contributed by atoms with E-state index < -0.39 is 34.1 Å². The van der Waals surface area contributed by atoms with Crippen molar-refractivity contribution in [2.75, 3.05) is 29.9 Å². The monoisotopic (exact) mass is 482 g/mol. The van der Waals surface area contributed by atoms with Gasteiger partial charge in [-0.1, -0.05) is 18.2 Å². The molecule has 0 spiro atoms. The number of sulfone groups is 1. The van der Waals surface area contributed by atoms with E-state index in [4.69, 9.17) is 9.15 Å². The summed E-state index contributed by atoms with van der Waals surface area (Å²) >= 11 is 0. The first kappa shape index (κ1) is 23.6. The van der Waals surface area contributed by atoms with Crippen LogP contribution < -0.4 is 10.2 Å². The topological polar surface area (TPSA) is 106 Å². The number of furan rings is 1. The van der Waals surface area contributed by atoms with E-state index in [9.17, 15) is 18.0 Å². The van der Waals surface area contributed by atoms with Crippen LogP contribution in [0.3, 0.4) is 0 Å². The third-order valence-corrected chi connectivity index (χ3v) is 7.27. The van der Waals surface area contributed by atoms with Gasteiger partial charge in [0.05, 0.1) is 16.9 Å². The Balaban J connectivity index is 1.31. The normalized spacial score (nSPS) is 13.9. The van der Waals surface area contributed by atoms with E-state index in [0.29, 0.717) is 5.69 Å². The smallest absolute Gasteiger partial charge is 0.375 e. The molecule has 1 amide bonds. The molecule has 4 rings (SSSR count). The predicted octanol–water partition coefficient (Wildman–Crippen LogP) is 4.04. The average molecular weight is 483 g/mol. The molecule has 0 aliphatic carbocycles. The second-order valence-corrected chi connectivity index (χ2v) is 10.1. The molecule has 1 aromatic heterocycles. The zero-order valence-corrected chi connectivity index (χ0v) is 19.4. The lowest BCUT2D eigenvalue weighted by Crippen LogP contribution is -2.29. The summed E-state index contributed by atoms with van der Waals surface area (Å²) in [5.41, 5.74) is 1.87. The average Bonchev–Trinajstić information content (AvgIpc) is 3.31. The van der Waals surface area contributed by atoms with Crippen LogP contribution in [0.2, 0.25) is 0 Å². The number of esters is 1. The molecule has 0 bridgehead atoms. The molecule has 1 aliphatic heterocycles. The molecule has 2 heterocycles. The number of rotatable bonds is 8. The molecule has 1 aliphatic rings. The fraction of sp³-hybridized carbons (Fsp3) is 0.280. The maximum atomic E-state index is 12.6. The molecule has 1 fully saturated rings. The van der Waals surface area contributed by atoms with Crippen LogP contribution in [-0.2, 0) is 25.1 Å². The lowest BCUT2D eigenvalue weighted by molar-refractivity contribution is -0.119. The van der Waals surface area contributed by atoms with E-state index in [0.717, 1.165) is 18.8 Å². The van der Waals surface area contributed by atoms with Crippen molar-refractivity contribution in [2.24, 2.45) is 0 Å². The number of amides is 1.